The van der Waals surface area contributed by atoms with Crippen molar-refractivity contribution in [2.75, 3.05) is 19.6 Å². The molecule has 2 rings (SSSR count). The molecule has 2 N–H and O–H groups in total. The summed E-state index contributed by atoms with van der Waals surface area (Å²) >= 11 is 1.80. The van der Waals surface area contributed by atoms with Gasteiger partial charge in [0, 0.05) is 36.6 Å². The molecule has 2 atom stereocenters. The molecule has 2 heterocycles. The quantitative estimate of drug-likeness (QED) is 0.878. The molecule has 0 saturated carbocycles. The average molecular weight is 310 g/mol. The van der Waals surface area contributed by atoms with Crippen LogP contribution in [-0.4, -0.2) is 41.6 Å². The van der Waals surface area contributed by atoms with Crippen LogP contribution in [0.3, 0.4) is 0 Å². The molecule has 21 heavy (non-hydrogen) atoms. The van der Waals surface area contributed by atoms with E-state index in [0.29, 0.717) is 18.6 Å². The molecular formula is C15H26N4OS. The second kappa shape index (κ2) is 7.22. The van der Waals surface area contributed by atoms with Gasteiger partial charge in [0.1, 0.15) is 0 Å². The number of thiazole rings is 1. The van der Waals surface area contributed by atoms with E-state index in [1.54, 1.807) is 11.3 Å². The number of carbonyl (C=O) groups excluding carboxylic acids is 1. The van der Waals surface area contributed by atoms with Gasteiger partial charge in [-0.25, -0.2) is 9.78 Å². The largest absolute Gasteiger partial charge is 0.338 e. The van der Waals surface area contributed by atoms with Crippen LogP contribution in [-0.2, 0) is 6.42 Å². The Morgan fingerprint density at radius 3 is 2.90 bits per heavy atom. The van der Waals surface area contributed by atoms with Crippen LogP contribution in [0.2, 0.25) is 0 Å². The van der Waals surface area contributed by atoms with E-state index < -0.39 is 0 Å². The zero-order valence-electron chi connectivity index (χ0n) is 13.4. The van der Waals surface area contributed by atoms with Crippen LogP contribution in [0.5, 0.6) is 0 Å². The number of rotatable bonds is 5. The molecule has 0 aliphatic carbocycles. The second-order valence-corrected chi connectivity index (χ2v) is 6.68. The number of likely N-dealkylation sites (tertiary alicyclic amines) is 1. The molecule has 0 bridgehead atoms. The minimum atomic E-state index is 0.0525. The van der Waals surface area contributed by atoms with Gasteiger partial charge in [0.15, 0.2) is 0 Å². The first-order valence-corrected chi connectivity index (χ1v) is 8.61. The van der Waals surface area contributed by atoms with Crippen LogP contribution >= 0.6 is 11.3 Å². The van der Waals surface area contributed by atoms with E-state index in [2.05, 4.69) is 36.4 Å². The number of aryl methyl sites for hydroxylation is 2. The first-order valence-electron chi connectivity index (χ1n) is 7.80. The van der Waals surface area contributed by atoms with Gasteiger partial charge in [-0.1, -0.05) is 6.92 Å². The highest BCUT2D eigenvalue weighted by atomic mass is 32.1. The summed E-state index contributed by atoms with van der Waals surface area (Å²) in [7, 11) is 0. The summed E-state index contributed by atoms with van der Waals surface area (Å²) in [5.41, 5.74) is 1.13. The van der Waals surface area contributed by atoms with Gasteiger partial charge >= 0.3 is 6.03 Å². The number of urea groups is 1. The lowest BCUT2D eigenvalue weighted by atomic mass is 10.2. The number of nitrogens with zero attached hydrogens (tertiary/aromatic N) is 2. The first kappa shape index (κ1) is 16.2. The zero-order valence-corrected chi connectivity index (χ0v) is 14.2. The van der Waals surface area contributed by atoms with Crippen molar-refractivity contribution in [2.24, 2.45) is 0 Å². The first-order chi connectivity index (χ1) is 10.0. The van der Waals surface area contributed by atoms with Crippen molar-refractivity contribution in [1.82, 2.24) is 20.5 Å². The van der Waals surface area contributed by atoms with Crippen molar-refractivity contribution in [3.63, 3.8) is 0 Å². The molecule has 1 aromatic heterocycles. The zero-order chi connectivity index (χ0) is 15.4. The van der Waals surface area contributed by atoms with Crippen molar-refractivity contribution >= 4 is 17.4 Å². The van der Waals surface area contributed by atoms with Gasteiger partial charge in [-0.05, 0) is 33.6 Å². The Morgan fingerprint density at radius 1 is 1.52 bits per heavy atom. The molecule has 5 nitrogen and oxygen atoms in total. The molecule has 0 radical (unpaired) electrons. The Morgan fingerprint density at radius 2 is 2.29 bits per heavy atom. The van der Waals surface area contributed by atoms with Crippen LogP contribution in [0, 0.1) is 6.92 Å². The number of nitrogens with one attached hydrogen (secondary N) is 2. The predicted molar refractivity (Wildman–Crippen MR) is 86.8 cm³/mol. The fourth-order valence-corrected chi connectivity index (χ4v) is 3.81. The van der Waals surface area contributed by atoms with Crippen molar-refractivity contribution < 1.29 is 4.79 Å². The van der Waals surface area contributed by atoms with E-state index in [-0.39, 0.29) is 6.03 Å². The Bertz CT molecular complexity index is 488. The number of aromatic nitrogens is 1. The minimum Gasteiger partial charge on any atom is -0.338 e. The third-order valence-electron chi connectivity index (χ3n) is 3.86. The Hall–Kier alpha value is -1.14. The number of hydrogen-bond donors (Lipinski definition) is 2. The summed E-state index contributed by atoms with van der Waals surface area (Å²) in [6.45, 7) is 10.7. The molecule has 0 aromatic carbocycles. The van der Waals surface area contributed by atoms with E-state index >= 15 is 0 Å². The molecule has 0 unspecified atom stereocenters. The second-order valence-electron chi connectivity index (χ2n) is 5.57. The fraction of sp³-hybridized carbons (Fsp3) is 0.733. The lowest BCUT2D eigenvalue weighted by Crippen LogP contribution is -2.41. The molecular weight excluding hydrogens is 284 g/mol. The van der Waals surface area contributed by atoms with Crippen LogP contribution in [0.15, 0.2) is 0 Å². The molecule has 0 spiro atoms. The monoisotopic (exact) mass is 310 g/mol. The maximum absolute atomic E-state index is 11.8. The standard InChI is InChI=1S/C15H26N4OS/c1-5-13-18-11(4)14(21-13)10(3)17-12-7-8-19(9-12)15(20)16-6-2/h10,12,17H,5-9H2,1-4H3,(H,16,20)/t10-,12+/m1/s1. The van der Waals surface area contributed by atoms with Crippen LogP contribution in [0.4, 0.5) is 4.79 Å². The SMILES string of the molecule is CCNC(=O)N1CC[C@H](N[C@H](C)c2sc(CC)nc2C)C1. The van der Waals surface area contributed by atoms with Crippen LogP contribution < -0.4 is 10.6 Å². The number of carbonyl (C=O) groups is 1. The molecule has 118 valence electrons. The third-order valence-corrected chi connectivity index (χ3v) is 5.35. The Kier molecular flexibility index (Phi) is 5.58. The normalized spacial score (nSPS) is 19.8. The van der Waals surface area contributed by atoms with Gasteiger partial charge in [-0.2, -0.15) is 0 Å². The highest BCUT2D eigenvalue weighted by Gasteiger charge is 2.27. The van der Waals surface area contributed by atoms with Gasteiger partial charge in [-0.3, -0.25) is 0 Å². The average Bonchev–Trinajstić information content (AvgIpc) is 3.05. The fourth-order valence-electron chi connectivity index (χ4n) is 2.79. The summed E-state index contributed by atoms with van der Waals surface area (Å²) < 4.78 is 0. The summed E-state index contributed by atoms with van der Waals surface area (Å²) in [5, 5.41) is 7.71. The maximum Gasteiger partial charge on any atom is 0.317 e. The lowest BCUT2D eigenvalue weighted by Gasteiger charge is -2.20. The van der Waals surface area contributed by atoms with E-state index in [9.17, 15) is 4.79 Å². The van der Waals surface area contributed by atoms with Gasteiger partial charge < -0.3 is 15.5 Å². The smallest absolute Gasteiger partial charge is 0.317 e. The van der Waals surface area contributed by atoms with Crippen molar-refractivity contribution in [1.29, 1.82) is 0 Å². The molecule has 1 aliphatic rings. The van der Waals surface area contributed by atoms with Crippen molar-refractivity contribution in [2.45, 2.75) is 52.6 Å². The highest BCUT2D eigenvalue weighted by molar-refractivity contribution is 7.11. The topological polar surface area (TPSA) is 57.3 Å². The third kappa shape index (κ3) is 3.95. The summed E-state index contributed by atoms with van der Waals surface area (Å²) in [4.78, 5) is 19.6. The number of amides is 2. The number of hydrogen-bond acceptors (Lipinski definition) is 4. The van der Waals surface area contributed by atoms with E-state index in [0.717, 1.165) is 31.6 Å². The summed E-state index contributed by atoms with van der Waals surface area (Å²) in [6.07, 6.45) is 2.01. The molecule has 6 heteroatoms. The van der Waals surface area contributed by atoms with Crippen LogP contribution in [0.1, 0.15) is 48.8 Å². The van der Waals surface area contributed by atoms with Gasteiger partial charge in [0.25, 0.3) is 0 Å². The molecule has 2 amide bonds. The highest BCUT2D eigenvalue weighted by Crippen LogP contribution is 2.26. The molecule has 1 saturated heterocycles. The van der Waals surface area contributed by atoms with E-state index in [1.807, 2.05) is 11.8 Å². The Balaban J connectivity index is 1.90. The summed E-state index contributed by atoms with van der Waals surface area (Å²) in [5.74, 6) is 0. The van der Waals surface area contributed by atoms with E-state index in [4.69, 9.17) is 0 Å². The molecule has 1 aliphatic heterocycles. The predicted octanol–water partition coefficient (Wildman–Crippen LogP) is 2.47. The van der Waals surface area contributed by atoms with E-state index in [1.165, 1.54) is 9.88 Å². The maximum atomic E-state index is 11.8. The molecule has 1 fully saturated rings. The van der Waals surface area contributed by atoms with Crippen molar-refractivity contribution in [3.05, 3.63) is 15.6 Å². The lowest BCUT2D eigenvalue weighted by molar-refractivity contribution is 0.208. The van der Waals surface area contributed by atoms with Gasteiger partial charge in [0.05, 0.1) is 10.7 Å². The van der Waals surface area contributed by atoms with Crippen molar-refractivity contribution in [3.8, 4) is 0 Å². The van der Waals surface area contributed by atoms with Gasteiger partial charge in [0.2, 0.25) is 0 Å². The summed E-state index contributed by atoms with van der Waals surface area (Å²) in [6, 6.07) is 0.716. The molecule has 1 aromatic rings. The Labute approximate surface area is 131 Å². The van der Waals surface area contributed by atoms with Crippen LogP contribution in [0.25, 0.3) is 0 Å². The van der Waals surface area contributed by atoms with Gasteiger partial charge in [-0.15, -0.1) is 11.3 Å². The minimum absolute atomic E-state index is 0.0525.